The van der Waals surface area contributed by atoms with Crippen molar-refractivity contribution in [1.82, 2.24) is 0 Å². The first-order chi connectivity index (χ1) is 12.0. The highest BCUT2D eigenvalue weighted by molar-refractivity contribution is 6.43. The quantitative estimate of drug-likeness (QED) is 0.767. The van der Waals surface area contributed by atoms with Crippen molar-refractivity contribution in [3.8, 4) is 0 Å². The van der Waals surface area contributed by atoms with Crippen LogP contribution in [0.4, 0.5) is 24.5 Å². The number of hydrogen-bond acceptors (Lipinski definition) is 2. The van der Waals surface area contributed by atoms with E-state index < -0.39 is 29.2 Å². The van der Waals surface area contributed by atoms with E-state index in [4.69, 9.17) is 0 Å². The first-order valence-corrected chi connectivity index (χ1v) is 7.87. The molecule has 0 saturated heterocycles. The summed E-state index contributed by atoms with van der Waals surface area (Å²) in [5, 5.41) is 4.37. The number of alkyl halides is 3. The van der Waals surface area contributed by atoms with Crippen molar-refractivity contribution in [3.05, 3.63) is 59.7 Å². The minimum absolute atomic E-state index is 0.0682. The second-order valence-electron chi connectivity index (χ2n) is 6.78. The average molecular weight is 364 g/mol. The van der Waals surface area contributed by atoms with Crippen LogP contribution < -0.4 is 10.6 Å². The molecule has 0 atom stereocenters. The third-order valence-corrected chi connectivity index (χ3v) is 3.70. The number of amides is 2. The molecule has 4 nitrogen and oxygen atoms in total. The van der Waals surface area contributed by atoms with Crippen molar-refractivity contribution in [2.75, 3.05) is 10.6 Å². The van der Waals surface area contributed by atoms with E-state index in [2.05, 4.69) is 5.32 Å². The van der Waals surface area contributed by atoms with Crippen molar-refractivity contribution >= 4 is 23.2 Å². The van der Waals surface area contributed by atoms with Crippen LogP contribution in [0.15, 0.2) is 48.5 Å². The molecule has 2 aromatic rings. The Labute approximate surface area is 149 Å². The van der Waals surface area contributed by atoms with Crippen LogP contribution in [0.2, 0.25) is 0 Å². The number of anilines is 2. The molecule has 0 aromatic heterocycles. The Morgan fingerprint density at radius 2 is 1.35 bits per heavy atom. The summed E-state index contributed by atoms with van der Waals surface area (Å²) < 4.78 is 38.8. The summed E-state index contributed by atoms with van der Waals surface area (Å²) in [5.41, 5.74) is -0.137. The lowest BCUT2D eigenvalue weighted by atomic mass is 9.87. The highest BCUT2D eigenvalue weighted by Crippen LogP contribution is 2.34. The molecule has 2 rings (SSSR count). The van der Waals surface area contributed by atoms with Crippen molar-refractivity contribution in [2.24, 2.45) is 0 Å². The molecule has 2 N–H and O–H groups in total. The zero-order valence-electron chi connectivity index (χ0n) is 14.6. The number of rotatable bonds is 2. The summed E-state index contributed by atoms with van der Waals surface area (Å²) in [5.74, 6) is -2.23. The molecule has 2 amide bonds. The maximum absolute atomic E-state index is 12.9. The minimum Gasteiger partial charge on any atom is -0.318 e. The minimum atomic E-state index is -4.64. The van der Waals surface area contributed by atoms with Crippen molar-refractivity contribution in [1.29, 1.82) is 0 Å². The van der Waals surface area contributed by atoms with E-state index in [1.807, 2.05) is 38.2 Å². The van der Waals surface area contributed by atoms with Crippen LogP contribution in [0.5, 0.6) is 0 Å². The van der Waals surface area contributed by atoms with Crippen LogP contribution in [-0.4, -0.2) is 11.8 Å². The third kappa shape index (κ3) is 4.84. The summed E-state index contributed by atoms with van der Waals surface area (Å²) in [6.45, 7) is 6.10. The number of hydrogen-bond donors (Lipinski definition) is 2. The molecule has 26 heavy (non-hydrogen) atoms. The van der Waals surface area contributed by atoms with E-state index in [0.29, 0.717) is 5.69 Å². The van der Waals surface area contributed by atoms with Crippen LogP contribution in [0.25, 0.3) is 0 Å². The second kappa shape index (κ2) is 7.19. The van der Waals surface area contributed by atoms with Gasteiger partial charge in [0.25, 0.3) is 0 Å². The topological polar surface area (TPSA) is 58.2 Å². The van der Waals surface area contributed by atoms with Crippen LogP contribution in [0.1, 0.15) is 31.9 Å². The Morgan fingerprint density at radius 3 is 1.88 bits per heavy atom. The van der Waals surface area contributed by atoms with Gasteiger partial charge in [0, 0.05) is 5.69 Å². The van der Waals surface area contributed by atoms with Gasteiger partial charge in [0.05, 0.1) is 11.3 Å². The van der Waals surface area contributed by atoms with Crippen LogP contribution >= 0.6 is 0 Å². The van der Waals surface area contributed by atoms with Gasteiger partial charge >= 0.3 is 18.0 Å². The molecular weight excluding hydrogens is 345 g/mol. The van der Waals surface area contributed by atoms with Gasteiger partial charge in [-0.3, -0.25) is 9.59 Å². The molecule has 0 unspecified atom stereocenters. The van der Waals surface area contributed by atoms with Gasteiger partial charge in [-0.15, -0.1) is 0 Å². The summed E-state index contributed by atoms with van der Waals surface area (Å²) in [6, 6.07) is 11.4. The van der Waals surface area contributed by atoms with E-state index >= 15 is 0 Å². The number of halogens is 3. The Hall–Kier alpha value is -2.83. The molecule has 0 radical (unpaired) electrons. The highest BCUT2D eigenvalue weighted by Gasteiger charge is 2.34. The van der Waals surface area contributed by atoms with E-state index in [0.717, 1.165) is 17.7 Å². The molecule has 0 aliphatic heterocycles. The van der Waals surface area contributed by atoms with Crippen molar-refractivity contribution in [2.45, 2.75) is 32.4 Å². The number of carbonyl (C=O) groups excluding carboxylic acids is 2. The van der Waals surface area contributed by atoms with Crippen LogP contribution in [0, 0.1) is 0 Å². The van der Waals surface area contributed by atoms with Gasteiger partial charge in [-0.05, 0) is 35.2 Å². The predicted octanol–water partition coefficient (Wildman–Crippen LogP) is 4.58. The van der Waals surface area contributed by atoms with E-state index in [9.17, 15) is 22.8 Å². The first-order valence-electron chi connectivity index (χ1n) is 7.87. The maximum atomic E-state index is 12.9. The van der Waals surface area contributed by atoms with Gasteiger partial charge in [-0.25, -0.2) is 0 Å². The Bertz CT molecular complexity index is 807. The number of carbonyl (C=O) groups is 2. The van der Waals surface area contributed by atoms with Crippen LogP contribution in [-0.2, 0) is 21.2 Å². The Morgan fingerprint density at radius 1 is 0.808 bits per heavy atom. The Balaban J connectivity index is 2.08. The molecular formula is C19H19F3N2O2. The summed E-state index contributed by atoms with van der Waals surface area (Å²) >= 11 is 0. The molecule has 0 aliphatic rings. The molecule has 0 heterocycles. The molecule has 2 aromatic carbocycles. The molecule has 0 aliphatic carbocycles. The number of nitrogens with one attached hydrogen (secondary N) is 2. The third-order valence-electron chi connectivity index (χ3n) is 3.70. The van der Waals surface area contributed by atoms with Gasteiger partial charge in [0.15, 0.2) is 0 Å². The van der Waals surface area contributed by atoms with Gasteiger partial charge < -0.3 is 10.6 Å². The largest absolute Gasteiger partial charge is 0.418 e. The fourth-order valence-corrected chi connectivity index (χ4v) is 2.26. The number of para-hydroxylation sites is 1. The average Bonchev–Trinajstić information content (AvgIpc) is 2.54. The van der Waals surface area contributed by atoms with E-state index in [1.165, 1.54) is 12.1 Å². The predicted molar refractivity (Wildman–Crippen MR) is 93.8 cm³/mol. The smallest absolute Gasteiger partial charge is 0.318 e. The summed E-state index contributed by atoms with van der Waals surface area (Å²) in [7, 11) is 0. The monoisotopic (exact) mass is 364 g/mol. The maximum Gasteiger partial charge on any atom is 0.418 e. The molecule has 138 valence electrons. The fourth-order valence-electron chi connectivity index (χ4n) is 2.26. The van der Waals surface area contributed by atoms with Gasteiger partial charge in [0.1, 0.15) is 0 Å². The Kier molecular flexibility index (Phi) is 5.39. The van der Waals surface area contributed by atoms with Gasteiger partial charge in [0.2, 0.25) is 0 Å². The summed E-state index contributed by atoms with van der Waals surface area (Å²) in [4.78, 5) is 23.9. The first kappa shape index (κ1) is 19.5. The standard InChI is InChI=1S/C19H19F3N2O2/c1-18(2,3)12-8-10-13(11-9-12)23-16(25)17(26)24-15-7-5-4-6-14(15)19(20,21)22/h4-11H,1-3H3,(H,23,25)(H,24,26). The van der Waals surface area contributed by atoms with Gasteiger partial charge in [-0.2, -0.15) is 13.2 Å². The summed E-state index contributed by atoms with van der Waals surface area (Å²) in [6.07, 6.45) is -4.64. The molecule has 0 fully saturated rings. The number of benzene rings is 2. The molecule has 0 spiro atoms. The van der Waals surface area contributed by atoms with E-state index in [-0.39, 0.29) is 5.41 Å². The lowest BCUT2D eigenvalue weighted by Crippen LogP contribution is -2.30. The highest BCUT2D eigenvalue weighted by atomic mass is 19.4. The second-order valence-corrected chi connectivity index (χ2v) is 6.78. The zero-order chi connectivity index (χ0) is 19.5. The fraction of sp³-hybridized carbons (Fsp3) is 0.263. The zero-order valence-corrected chi connectivity index (χ0v) is 14.6. The lowest BCUT2D eigenvalue weighted by Gasteiger charge is -2.19. The lowest BCUT2D eigenvalue weighted by molar-refractivity contribution is -0.137. The molecule has 7 heteroatoms. The SMILES string of the molecule is CC(C)(C)c1ccc(NC(=O)C(=O)Nc2ccccc2C(F)(F)F)cc1. The normalized spacial score (nSPS) is 11.8. The molecule has 0 saturated carbocycles. The molecule has 0 bridgehead atoms. The van der Waals surface area contributed by atoms with E-state index in [1.54, 1.807) is 12.1 Å². The van der Waals surface area contributed by atoms with Crippen molar-refractivity contribution < 1.29 is 22.8 Å². The van der Waals surface area contributed by atoms with Gasteiger partial charge in [-0.1, -0.05) is 45.0 Å². The van der Waals surface area contributed by atoms with Crippen LogP contribution in [0.3, 0.4) is 0 Å². The van der Waals surface area contributed by atoms with Crippen molar-refractivity contribution in [3.63, 3.8) is 0 Å².